The van der Waals surface area contributed by atoms with Crippen LogP contribution in [-0.4, -0.2) is 60.3 Å². The van der Waals surface area contributed by atoms with Crippen molar-refractivity contribution in [2.75, 3.05) is 43.5 Å². The van der Waals surface area contributed by atoms with Crippen LogP contribution in [0.15, 0.2) is 0 Å². The molecule has 0 radical (unpaired) electrons. The van der Waals surface area contributed by atoms with Crippen molar-refractivity contribution in [2.24, 2.45) is 5.92 Å². The van der Waals surface area contributed by atoms with Gasteiger partial charge in [0, 0.05) is 44.1 Å². The maximum Gasteiger partial charge on any atom is 0.225 e. The molecule has 0 spiro atoms. The Hall–Kier alpha value is -1.86. The Balaban J connectivity index is 1.60. The van der Waals surface area contributed by atoms with Crippen LogP contribution in [0.25, 0.3) is 0 Å². The average molecular weight is 445 g/mol. The van der Waals surface area contributed by atoms with Crippen molar-refractivity contribution in [2.45, 2.75) is 84.5 Å². The third kappa shape index (κ3) is 4.74. The van der Waals surface area contributed by atoms with E-state index in [0.29, 0.717) is 44.6 Å². The molecule has 2 N–H and O–H groups in total. The zero-order chi connectivity index (χ0) is 23.0. The van der Waals surface area contributed by atoms with Crippen LogP contribution in [0.2, 0.25) is 0 Å². The molecule has 178 valence electrons. The van der Waals surface area contributed by atoms with E-state index in [2.05, 4.69) is 32.6 Å². The number of ether oxygens (including phenoxy) is 2. The summed E-state index contributed by atoms with van der Waals surface area (Å²) in [7, 11) is 0. The molecule has 1 saturated heterocycles. The minimum absolute atomic E-state index is 0.138. The fraction of sp³-hybridized carbons (Fsp3) is 0.760. The van der Waals surface area contributed by atoms with Crippen molar-refractivity contribution in [1.82, 2.24) is 9.88 Å². The maximum absolute atomic E-state index is 12.9. The van der Waals surface area contributed by atoms with Gasteiger partial charge in [0.25, 0.3) is 0 Å². The minimum Gasteiger partial charge on any atom is -0.395 e. The van der Waals surface area contributed by atoms with E-state index in [-0.39, 0.29) is 17.6 Å². The summed E-state index contributed by atoms with van der Waals surface area (Å²) in [5, 5.41) is 0. The van der Waals surface area contributed by atoms with Crippen molar-refractivity contribution in [1.29, 1.82) is 0 Å². The molecule has 2 fully saturated rings. The molecule has 3 aliphatic rings. The van der Waals surface area contributed by atoms with Gasteiger partial charge < -0.3 is 25.0 Å². The Morgan fingerprint density at radius 2 is 2.03 bits per heavy atom. The Bertz CT molecular complexity index is 850. The normalized spacial score (nSPS) is 22.9. The number of pyridine rings is 1. The second-order valence-electron chi connectivity index (χ2n) is 10.5. The Labute approximate surface area is 192 Å². The van der Waals surface area contributed by atoms with E-state index in [1.54, 1.807) is 0 Å². The van der Waals surface area contributed by atoms with Gasteiger partial charge in [-0.25, -0.2) is 4.98 Å². The third-order valence-corrected chi connectivity index (χ3v) is 7.11. The minimum atomic E-state index is -0.216. The molecule has 0 unspecified atom stereocenters. The van der Waals surface area contributed by atoms with Crippen LogP contribution in [0.1, 0.15) is 76.6 Å². The summed E-state index contributed by atoms with van der Waals surface area (Å²) >= 11 is 0. The van der Waals surface area contributed by atoms with Crippen LogP contribution in [0, 0.1) is 5.92 Å². The number of fused-ring (bicyclic) bond motifs is 1. The smallest absolute Gasteiger partial charge is 0.225 e. The van der Waals surface area contributed by atoms with Crippen molar-refractivity contribution in [3.63, 3.8) is 0 Å². The van der Waals surface area contributed by atoms with E-state index < -0.39 is 0 Å². The Kier molecular flexibility index (Phi) is 6.68. The number of rotatable bonds is 7. The van der Waals surface area contributed by atoms with Crippen LogP contribution in [0.4, 0.5) is 11.5 Å². The number of carbonyl (C=O) groups excluding carboxylic acids is 1. The Morgan fingerprint density at radius 3 is 2.69 bits per heavy atom. The first-order chi connectivity index (χ1) is 15.2. The average Bonchev–Trinajstić information content (AvgIpc) is 3.59. The topological polar surface area (TPSA) is 80.9 Å². The molecule has 0 bridgehead atoms. The lowest BCUT2D eigenvalue weighted by molar-refractivity contribution is -0.136. The van der Waals surface area contributed by atoms with Crippen molar-refractivity contribution in [3.8, 4) is 0 Å². The lowest BCUT2D eigenvalue weighted by Crippen LogP contribution is -2.57. The second-order valence-corrected chi connectivity index (χ2v) is 10.5. The van der Waals surface area contributed by atoms with E-state index in [4.69, 9.17) is 20.2 Å². The molecule has 7 heteroatoms. The van der Waals surface area contributed by atoms with E-state index in [0.717, 1.165) is 31.0 Å². The molecule has 1 aliphatic carbocycles. The molecule has 4 rings (SSSR count). The molecule has 3 heterocycles. The quantitative estimate of drug-likeness (QED) is 0.649. The number of piperazine rings is 1. The number of hydrogen-bond donors (Lipinski definition) is 1. The number of aromatic nitrogens is 1. The summed E-state index contributed by atoms with van der Waals surface area (Å²) in [6.07, 6.45) is 3.65. The zero-order valence-electron chi connectivity index (χ0n) is 20.4. The van der Waals surface area contributed by atoms with E-state index in [9.17, 15) is 4.79 Å². The highest BCUT2D eigenvalue weighted by Gasteiger charge is 2.38. The monoisotopic (exact) mass is 444 g/mol. The van der Waals surface area contributed by atoms with Gasteiger partial charge in [0.15, 0.2) is 5.82 Å². The van der Waals surface area contributed by atoms with E-state index >= 15 is 0 Å². The number of nitrogens with zero attached hydrogens (tertiary/aromatic N) is 3. The maximum atomic E-state index is 12.9. The van der Waals surface area contributed by atoms with Crippen molar-refractivity contribution >= 4 is 17.4 Å². The molecule has 1 amide bonds. The number of anilines is 2. The van der Waals surface area contributed by atoms with Gasteiger partial charge in [-0.3, -0.25) is 4.79 Å². The number of hydrogen-bond acceptors (Lipinski definition) is 6. The van der Waals surface area contributed by atoms with Crippen LogP contribution in [0.3, 0.4) is 0 Å². The SMILES string of the molecule is CCOCCC(=O)N1CCN(c2nc(C3CC3)c3c(c2N)CC(C)(C)OC3)C[C@H]1C(C)C. The summed E-state index contributed by atoms with van der Waals surface area (Å²) in [5.41, 5.74) is 11.0. The fourth-order valence-electron chi connectivity index (χ4n) is 5.07. The van der Waals surface area contributed by atoms with Gasteiger partial charge in [-0.1, -0.05) is 13.8 Å². The molecule has 0 aromatic carbocycles. The van der Waals surface area contributed by atoms with Crippen molar-refractivity contribution < 1.29 is 14.3 Å². The standard InChI is InChI=1S/C25H40N4O3/c1-6-31-12-9-21(30)29-11-10-28(14-20(29)16(2)3)24-22(26)18-13-25(4,5)32-15-19(18)23(27-24)17-7-8-17/h16-17,20H,6-15,26H2,1-5H3/t20-/m0/s1. The van der Waals surface area contributed by atoms with Crippen molar-refractivity contribution in [3.05, 3.63) is 16.8 Å². The first kappa shape index (κ1) is 23.3. The van der Waals surface area contributed by atoms with E-state index in [1.807, 2.05) is 11.8 Å². The summed E-state index contributed by atoms with van der Waals surface area (Å²) in [6.45, 7) is 14.5. The molecule has 2 aliphatic heterocycles. The number of amides is 1. The zero-order valence-corrected chi connectivity index (χ0v) is 20.4. The molecule has 1 aromatic heterocycles. The molecular weight excluding hydrogens is 404 g/mol. The van der Waals surface area contributed by atoms with Gasteiger partial charge in [-0.05, 0) is 45.1 Å². The van der Waals surface area contributed by atoms with Gasteiger partial charge in [-0.15, -0.1) is 0 Å². The second kappa shape index (κ2) is 9.18. The number of nitrogens with two attached hydrogens (primary N) is 1. The van der Waals surface area contributed by atoms with Crippen LogP contribution in [-0.2, 0) is 27.3 Å². The predicted octanol–water partition coefficient (Wildman–Crippen LogP) is 3.49. The first-order valence-corrected chi connectivity index (χ1v) is 12.3. The lowest BCUT2D eigenvalue weighted by atomic mass is 9.89. The molecule has 1 aromatic rings. The van der Waals surface area contributed by atoms with E-state index in [1.165, 1.54) is 29.7 Å². The lowest BCUT2D eigenvalue weighted by Gasteiger charge is -2.45. The van der Waals surface area contributed by atoms with Crippen LogP contribution in [0.5, 0.6) is 0 Å². The summed E-state index contributed by atoms with van der Waals surface area (Å²) in [6, 6.07) is 0.138. The summed E-state index contributed by atoms with van der Waals surface area (Å²) < 4.78 is 11.5. The van der Waals surface area contributed by atoms with Gasteiger partial charge in [-0.2, -0.15) is 0 Å². The molecule has 7 nitrogen and oxygen atoms in total. The third-order valence-electron chi connectivity index (χ3n) is 7.11. The van der Waals surface area contributed by atoms with Gasteiger partial charge in [0.2, 0.25) is 5.91 Å². The summed E-state index contributed by atoms with van der Waals surface area (Å²) in [4.78, 5) is 22.4. The number of nitrogen functional groups attached to an aromatic ring is 1. The molecular formula is C25H40N4O3. The fourth-order valence-corrected chi connectivity index (χ4v) is 5.07. The largest absolute Gasteiger partial charge is 0.395 e. The number of carbonyl (C=O) groups is 1. The van der Waals surface area contributed by atoms with Gasteiger partial charge in [0.05, 0.1) is 42.7 Å². The van der Waals surface area contributed by atoms with Gasteiger partial charge >= 0.3 is 0 Å². The predicted molar refractivity (Wildman–Crippen MR) is 127 cm³/mol. The molecule has 1 atom stereocenters. The van der Waals surface area contributed by atoms with Gasteiger partial charge in [0.1, 0.15) is 0 Å². The highest BCUT2D eigenvalue weighted by Crippen LogP contribution is 2.46. The Morgan fingerprint density at radius 1 is 1.28 bits per heavy atom. The summed E-state index contributed by atoms with van der Waals surface area (Å²) in [5.74, 6) is 1.98. The highest BCUT2D eigenvalue weighted by molar-refractivity contribution is 5.77. The highest BCUT2D eigenvalue weighted by atomic mass is 16.5. The molecule has 32 heavy (non-hydrogen) atoms. The first-order valence-electron chi connectivity index (χ1n) is 12.3. The van der Waals surface area contributed by atoms with Crippen LogP contribution < -0.4 is 10.6 Å². The van der Waals surface area contributed by atoms with Crippen LogP contribution >= 0.6 is 0 Å². The molecule has 1 saturated carbocycles.